The third-order valence-corrected chi connectivity index (χ3v) is 6.98. The van der Waals surface area contributed by atoms with Crippen molar-refractivity contribution in [2.45, 2.75) is 51.6 Å². The fraction of sp³-hybridized carbons (Fsp3) is 0.737. The number of rotatable bonds is 6. The van der Waals surface area contributed by atoms with E-state index >= 15 is 0 Å². The molecule has 31 heavy (non-hydrogen) atoms. The van der Waals surface area contributed by atoms with E-state index in [-0.39, 0.29) is 48.9 Å². The summed E-state index contributed by atoms with van der Waals surface area (Å²) in [6.45, 7) is 4.18. The standard InChI is InChI=1S/C19H26F5N3O3S/c1-3-25-10-12-13(15(20)21)14(16(28)26-6-4-18(2,29)5-7-26)31-17(12)27(11-25)8-9-30-19(22,23)24/h15,29H,3-11H2,1-2H3. The van der Waals surface area contributed by atoms with Gasteiger partial charge in [-0.2, -0.15) is 0 Å². The molecule has 2 aliphatic rings. The predicted octanol–water partition coefficient (Wildman–Crippen LogP) is 3.81. The highest BCUT2D eigenvalue weighted by molar-refractivity contribution is 7.18. The fourth-order valence-electron chi connectivity index (χ4n) is 3.83. The number of nitrogens with zero attached hydrogens (tertiary/aromatic N) is 3. The lowest BCUT2D eigenvalue weighted by molar-refractivity contribution is -0.323. The van der Waals surface area contributed by atoms with Crippen molar-refractivity contribution >= 4 is 22.2 Å². The lowest BCUT2D eigenvalue weighted by Crippen LogP contribution is -2.45. The van der Waals surface area contributed by atoms with Gasteiger partial charge in [0.1, 0.15) is 4.88 Å². The number of carbonyl (C=O) groups excluding carboxylic acids is 1. The summed E-state index contributed by atoms with van der Waals surface area (Å²) in [5.41, 5.74) is -0.955. The molecule has 1 aromatic rings. The van der Waals surface area contributed by atoms with Gasteiger partial charge in [-0.1, -0.05) is 6.92 Å². The maximum absolute atomic E-state index is 14.1. The quantitative estimate of drug-likeness (QED) is 0.640. The molecular formula is C19H26F5N3O3S. The van der Waals surface area contributed by atoms with Gasteiger partial charge in [0.2, 0.25) is 0 Å². The highest BCUT2D eigenvalue weighted by Gasteiger charge is 2.38. The van der Waals surface area contributed by atoms with E-state index in [2.05, 4.69) is 4.74 Å². The molecule has 2 aliphatic heterocycles. The number of fused-ring (bicyclic) bond motifs is 1. The summed E-state index contributed by atoms with van der Waals surface area (Å²) in [5.74, 6) is -0.528. The Kier molecular flexibility index (Phi) is 7.14. The molecule has 0 bridgehead atoms. The number of hydrogen-bond donors (Lipinski definition) is 1. The maximum Gasteiger partial charge on any atom is 0.522 e. The highest BCUT2D eigenvalue weighted by Crippen LogP contribution is 2.44. The smallest absolute Gasteiger partial charge is 0.390 e. The lowest BCUT2D eigenvalue weighted by Gasteiger charge is -2.36. The first-order valence-corrected chi connectivity index (χ1v) is 10.9. The zero-order chi connectivity index (χ0) is 23.0. The molecule has 12 heteroatoms. The van der Waals surface area contributed by atoms with E-state index in [4.69, 9.17) is 0 Å². The summed E-state index contributed by atoms with van der Waals surface area (Å²) in [6.07, 6.45) is -6.98. The molecule has 1 saturated heterocycles. The van der Waals surface area contributed by atoms with Crippen molar-refractivity contribution in [1.29, 1.82) is 0 Å². The number of aliphatic hydroxyl groups is 1. The molecule has 176 valence electrons. The zero-order valence-electron chi connectivity index (χ0n) is 17.3. The molecule has 1 N–H and O–H groups in total. The van der Waals surface area contributed by atoms with Gasteiger partial charge in [-0.3, -0.25) is 14.4 Å². The number of piperidine rings is 1. The summed E-state index contributed by atoms with van der Waals surface area (Å²) in [7, 11) is 0. The Bertz CT molecular complexity index is 789. The van der Waals surface area contributed by atoms with Gasteiger partial charge in [-0.15, -0.1) is 24.5 Å². The van der Waals surface area contributed by atoms with Crippen molar-refractivity contribution in [2.24, 2.45) is 0 Å². The molecule has 0 aromatic carbocycles. The van der Waals surface area contributed by atoms with Crippen LogP contribution in [-0.2, 0) is 11.3 Å². The molecule has 3 rings (SSSR count). The van der Waals surface area contributed by atoms with Crippen LogP contribution in [0.25, 0.3) is 0 Å². The number of alkyl halides is 5. The topological polar surface area (TPSA) is 56.2 Å². The monoisotopic (exact) mass is 471 g/mol. The first-order chi connectivity index (χ1) is 14.4. The van der Waals surface area contributed by atoms with Crippen molar-refractivity contribution in [2.75, 3.05) is 44.4 Å². The lowest BCUT2D eigenvalue weighted by atomic mass is 9.93. The van der Waals surface area contributed by atoms with Crippen LogP contribution >= 0.6 is 11.3 Å². The van der Waals surface area contributed by atoms with E-state index in [1.807, 2.05) is 11.8 Å². The van der Waals surface area contributed by atoms with Gasteiger partial charge in [0.25, 0.3) is 12.3 Å². The van der Waals surface area contributed by atoms with Crippen molar-refractivity contribution in [3.05, 3.63) is 16.0 Å². The van der Waals surface area contributed by atoms with Gasteiger partial charge in [-0.05, 0) is 26.3 Å². The Labute approximate surface area is 181 Å². The molecular weight excluding hydrogens is 445 g/mol. The third-order valence-electron chi connectivity index (χ3n) is 5.68. The van der Waals surface area contributed by atoms with E-state index in [0.717, 1.165) is 11.3 Å². The number of amides is 1. The molecule has 0 aliphatic carbocycles. The molecule has 1 aromatic heterocycles. The number of hydrogen-bond acceptors (Lipinski definition) is 6. The molecule has 0 radical (unpaired) electrons. The molecule has 0 saturated carbocycles. The number of halogens is 5. The second-order valence-corrected chi connectivity index (χ2v) is 9.06. The van der Waals surface area contributed by atoms with Gasteiger partial charge < -0.3 is 14.9 Å². The predicted molar refractivity (Wildman–Crippen MR) is 105 cm³/mol. The van der Waals surface area contributed by atoms with E-state index in [0.29, 0.717) is 24.4 Å². The van der Waals surface area contributed by atoms with Crippen LogP contribution in [0.5, 0.6) is 0 Å². The van der Waals surface area contributed by atoms with Crippen molar-refractivity contribution in [1.82, 2.24) is 9.80 Å². The molecule has 6 nitrogen and oxygen atoms in total. The summed E-state index contributed by atoms with van der Waals surface area (Å²) in [5, 5.41) is 10.5. The van der Waals surface area contributed by atoms with E-state index in [1.165, 1.54) is 4.90 Å². The Morgan fingerprint density at radius 3 is 2.48 bits per heavy atom. The van der Waals surface area contributed by atoms with Crippen molar-refractivity contribution in [3.8, 4) is 0 Å². The summed E-state index contributed by atoms with van der Waals surface area (Å²) in [4.78, 5) is 17.8. The average molecular weight is 471 g/mol. The Morgan fingerprint density at radius 2 is 1.94 bits per heavy atom. The fourth-order valence-corrected chi connectivity index (χ4v) is 5.14. The number of likely N-dealkylation sites (tertiary alicyclic amines) is 1. The SMILES string of the molecule is CCN1Cc2c(sc(C(=O)N3CCC(C)(O)CC3)c2C(F)F)N(CCOC(F)(F)F)C1. The van der Waals surface area contributed by atoms with Gasteiger partial charge in [0.15, 0.2) is 0 Å². The second-order valence-electron chi connectivity index (χ2n) is 8.06. The molecule has 0 unspecified atom stereocenters. The van der Waals surface area contributed by atoms with Gasteiger partial charge in [0, 0.05) is 37.3 Å². The van der Waals surface area contributed by atoms with E-state index in [9.17, 15) is 31.9 Å². The minimum Gasteiger partial charge on any atom is -0.390 e. The Balaban J connectivity index is 1.89. The maximum atomic E-state index is 14.1. The average Bonchev–Trinajstić information content (AvgIpc) is 3.06. The van der Waals surface area contributed by atoms with E-state index < -0.39 is 30.9 Å². The van der Waals surface area contributed by atoms with Crippen LogP contribution in [0.1, 0.15) is 53.9 Å². The van der Waals surface area contributed by atoms with Crippen LogP contribution in [0.3, 0.4) is 0 Å². The van der Waals surface area contributed by atoms with Crippen molar-refractivity contribution in [3.63, 3.8) is 0 Å². The summed E-state index contributed by atoms with van der Waals surface area (Å²) >= 11 is 0.899. The molecule has 0 spiro atoms. The largest absolute Gasteiger partial charge is 0.522 e. The molecule has 3 heterocycles. The normalized spacial score (nSPS) is 19.8. The van der Waals surface area contributed by atoms with Gasteiger partial charge in [0.05, 0.1) is 23.9 Å². The van der Waals surface area contributed by atoms with Crippen LogP contribution in [0.15, 0.2) is 0 Å². The first-order valence-electron chi connectivity index (χ1n) is 10.0. The first kappa shape index (κ1) is 24.1. The number of anilines is 1. The number of carbonyl (C=O) groups is 1. The minimum atomic E-state index is -4.77. The molecule has 0 atom stereocenters. The highest BCUT2D eigenvalue weighted by atomic mass is 32.1. The summed E-state index contributed by atoms with van der Waals surface area (Å²) < 4.78 is 69.1. The Hall–Kier alpha value is -1.50. The van der Waals surface area contributed by atoms with Crippen LogP contribution in [-0.4, -0.2) is 72.2 Å². The van der Waals surface area contributed by atoms with Crippen LogP contribution < -0.4 is 4.90 Å². The van der Waals surface area contributed by atoms with Crippen molar-refractivity contribution < 1.29 is 36.6 Å². The number of thiophene rings is 1. The number of ether oxygens (including phenoxy) is 1. The van der Waals surface area contributed by atoms with Crippen LogP contribution in [0.4, 0.5) is 27.0 Å². The third kappa shape index (κ3) is 5.65. The Morgan fingerprint density at radius 1 is 1.29 bits per heavy atom. The van der Waals surface area contributed by atoms with Crippen LogP contribution in [0, 0.1) is 0 Å². The van der Waals surface area contributed by atoms with Gasteiger partial charge >= 0.3 is 6.36 Å². The van der Waals surface area contributed by atoms with Crippen LogP contribution in [0.2, 0.25) is 0 Å². The zero-order valence-corrected chi connectivity index (χ0v) is 18.2. The second kappa shape index (κ2) is 9.16. The van der Waals surface area contributed by atoms with Gasteiger partial charge in [-0.25, -0.2) is 8.78 Å². The summed E-state index contributed by atoms with van der Waals surface area (Å²) in [6, 6.07) is 0. The minimum absolute atomic E-state index is 0.0822. The van der Waals surface area contributed by atoms with E-state index in [1.54, 1.807) is 11.8 Å². The molecule has 1 fully saturated rings. The molecule has 1 amide bonds.